The molecule has 0 spiro atoms. The Morgan fingerprint density at radius 3 is 1.25 bits per heavy atom. The molecule has 0 aliphatic carbocycles. The summed E-state index contributed by atoms with van der Waals surface area (Å²) >= 11 is 0. The average Bonchev–Trinajstić information content (AvgIpc) is 2.49. The molecule has 24 heavy (non-hydrogen) atoms. The van der Waals surface area contributed by atoms with Crippen molar-refractivity contribution in [3.63, 3.8) is 0 Å². The number of fused-ring (bicyclic) bond motifs is 2. The lowest BCUT2D eigenvalue weighted by Gasteiger charge is -2.13. The largest absolute Gasteiger partial charge is 0.507 e. The molecule has 0 amide bonds. The van der Waals surface area contributed by atoms with Gasteiger partial charge in [-0.2, -0.15) is 16.8 Å². The number of rotatable bonds is 2. The van der Waals surface area contributed by atoms with E-state index in [1.165, 1.54) is 24.3 Å². The van der Waals surface area contributed by atoms with Crippen LogP contribution in [-0.2, 0) is 20.2 Å². The van der Waals surface area contributed by atoms with Gasteiger partial charge in [-0.05, 0) is 12.1 Å². The zero-order valence-corrected chi connectivity index (χ0v) is 13.3. The van der Waals surface area contributed by atoms with E-state index in [0.717, 1.165) is 12.1 Å². The van der Waals surface area contributed by atoms with Gasteiger partial charge in [-0.1, -0.05) is 24.3 Å². The van der Waals surface area contributed by atoms with Gasteiger partial charge in [0.25, 0.3) is 20.2 Å². The highest BCUT2D eigenvalue weighted by Gasteiger charge is 2.25. The summed E-state index contributed by atoms with van der Waals surface area (Å²) in [5.74, 6) is -1.31. The van der Waals surface area contributed by atoms with Gasteiger partial charge in [0.05, 0.1) is 0 Å². The van der Waals surface area contributed by atoms with Crippen molar-refractivity contribution in [1.29, 1.82) is 0 Å². The number of hydrogen-bond acceptors (Lipinski definition) is 6. The summed E-state index contributed by atoms with van der Waals surface area (Å²) in [4.78, 5) is -1.29. The molecule has 0 aromatic heterocycles. The van der Waals surface area contributed by atoms with Gasteiger partial charge in [0.1, 0.15) is 21.3 Å². The normalized spacial score (nSPS) is 12.8. The maximum absolute atomic E-state index is 11.5. The molecule has 0 radical (unpaired) electrons. The fourth-order valence-corrected chi connectivity index (χ4v) is 4.07. The van der Waals surface area contributed by atoms with Crippen molar-refractivity contribution in [1.82, 2.24) is 0 Å². The summed E-state index contributed by atoms with van der Waals surface area (Å²) in [5.41, 5.74) is 0. The van der Waals surface area contributed by atoms with Crippen molar-refractivity contribution in [3.8, 4) is 11.5 Å². The number of benzene rings is 3. The Hall–Kier alpha value is -2.40. The predicted octanol–water partition coefficient (Wildman–Crippen LogP) is 1.90. The molecule has 3 aromatic carbocycles. The fourth-order valence-electron chi connectivity index (χ4n) is 2.64. The molecule has 126 valence electrons. The first kappa shape index (κ1) is 16.5. The van der Waals surface area contributed by atoms with E-state index < -0.39 is 41.5 Å². The second-order valence-corrected chi connectivity index (χ2v) is 7.78. The van der Waals surface area contributed by atoms with E-state index in [-0.39, 0.29) is 21.5 Å². The molecular weight excluding hydrogens is 360 g/mol. The Kier molecular flexibility index (Phi) is 3.46. The molecule has 0 atom stereocenters. The molecule has 8 nitrogen and oxygen atoms in total. The Morgan fingerprint density at radius 2 is 0.958 bits per heavy atom. The zero-order valence-electron chi connectivity index (χ0n) is 11.7. The van der Waals surface area contributed by atoms with Crippen LogP contribution in [0.3, 0.4) is 0 Å². The summed E-state index contributed by atoms with van der Waals surface area (Å²) in [6.07, 6.45) is 0. The molecule has 0 saturated carbocycles. The lowest BCUT2D eigenvalue weighted by atomic mass is 10.0. The molecule has 0 unspecified atom stereocenters. The van der Waals surface area contributed by atoms with Gasteiger partial charge < -0.3 is 10.2 Å². The minimum atomic E-state index is -4.71. The Balaban J connectivity index is 2.70. The van der Waals surface area contributed by atoms with E-state index in [9.17, 15) is 36.2 Å². The standard InChI is InChI=1S/C14H10O8S2/c15-13-7-3-1-5-9(23(17,18)19)11(7)14(16)8-4-2-6-10(12(8)13)24(20,21)22/h1-6,15-16H,(H,17,18,19)(H,20,21,22). The van der Waals surface area contributed by atoms with Crippen LogP contribution in [0.25, 0.3) is 21.5 Å². The lowest BCUT2D eigenvalue weighted by Crippen LogP contribution is -2.01. The third-order valence-electron chi connectivity index (χ3n) is 3.59. The van der Waals surface area contributed by atoms with Crippen LogP contribution in [-0.4, -0.2) is 36.2 Å². The first-order valence-corrected chi connectivity index (χ1v) is 9.26. The van der Waals surface area contributed by atoms with E-state index in [0.29, 0.717) is 0 Å². The predicted molar refractivity (Wildman–Crippen MR) is 84.4 cm³/mol. The minimum Gasteiger partial charge on any atom is -0.507 e. The maximum Gasteiger partial charge on any atom is 0.295 e. The maximum atomic E-state index is 11.5. The SMILES string of the molecule is O=S(=O)(O)c1cccc2c(O)c3c(S(=O)(=O)O)cccc3c(O)c12. The van der Waals surface area contributed by atoms with Crippen LogP contribution in [0.2, 0.25) is 0 Å². The van der Waals surface area contributed by atoms with Gasteiger partial charge in [-0.3, -0.25) is 9.11 Å². The summed E-state index contributed by atoms with van der Waals surface area (Å²) in [6, 6.07) is 6.92. The molecule has 4 N–H and O–H groups in total. The Labute approximate surface area is 136 Å². The highest BCUT2D eigenvalue weighted by molar-refractivity contribution is 7.86. The second kappa shape index (κ2) is 5.05. The van der Waals surface area contributed by atoms with Crippen LogP contribution in [0.5, 0.6) is 11.5 Å². The fraction of sp³-hybridized carbons (Fsp3) is 0. The molecule has 0 fully saturated rings. The van der Waals surface area contributed by atoms with Crippen LogP contribution in [0.15, 0.2) is 46.2 Å². The highest BCUT2D eigenvalue weighted by atomic mass is 32.2. The molecule has 0 aliphatic heterocycles. The van der Waals surface area contributed by atoms with Crippen LogP contribution < -0.4 is 0 Å². The molecule has 3 aromatic rings. The molecular formula is C14H10O8S2. The van der Waals surface area contributed by atoms with Crippen LogP contribution >= 0.6 is 0 Å². The first-order chi connectivity index (χ1) is 11.0. The summed E-state index contributed by atoms with van der Waals surface area (Å²) in [7, 11) is -9.43. The summed E-state index contributed by atoms with van der Waals surface area (Å²) in [6.45, 7) is 0. The van der Waals surface area contributed by atoms with E-state index in [2.05, 4.69) is 0 Å². The van der Waals surface area contributed by atoms with E-state index in [1.807, 2.05) is 0 Å². The molecule has 0 saturated heterocycles. The molecule has 0 aliphatic rings. The van der Waals surface area contributed by atoms with Gasteiger partial charge >= 0.3 is 0 Å². The zero-order chi connectivity index (χ0) is 17.9. The highest BCUT2D eigenvalue weighted by Crippen LogP contribution is 2.45. The van der Waals surface area contributed by atoms with E-state index in [1.54, 1.807) is 0 Å². The Bertz CT molecular complexity index is 1110. The van der Waals surface area contributed by atoms with Crippen LogP contribution in [0, 0.1) is 0 Å². The van der Waals surface area contributed by atoms with Crippen molar-refractivity contribution in [2.45, 2.75) is 9.79 Å². The first-order valence-electron chi connectivity index (χ1n) is 6.38. The summed E-state index contributed by atoms with van der Waals surface area (Å²) < 4.78 is 64.6. The smallest absolute Gasteiger partial charge is 0.295 e. The monoisotopic (exact) mass is 370 g/mol. The van der Waals surface area contributed by atoms with Crippen LogP contribution in [0.1, 0.15) is 0 Å². The molecule has 10 heteroatoms. The minimum absolute atomic E-state index is 0.203. The number of aromatic hydroxyl groups is 2. The number of phenolic OH excluding ortho intramolecular Hbond substituents is 2. The van der Waals surface area contributed by atoms with Crippen molar-refractivity contribution < 1.29 is 36.2 Å². The van der Waals surface area contributed by atoms with Gasteiger partial charge in [0.15, 0.2) is 0 Å². The third-order valence-corrected chi connectivity index (χ3v) is 5.38. The molecule has 0 bridgehead atoms. The van der Waals surface area contributed by atoms with Crippen molar-refractivity contribution in [2.75, 3.05) is 0 Å². The van der Waals surface area contributed by atoms with Gasteiger partial charge in [-0.15, -0.1) is 0 Å². The number of hydrogen-bond donors (Lipinski definition) is 4. The van der Waals surface area contributed by atoms with Crippen LogP contribution in [0.4, 0.5) is 0 Å². The summed E-state index contributed by atoms with van der Waals surface area (Å²) in [5, 5.41) is 19.7. The van der Waals surface area contributed by atoms with E-state index >= 15 is 0 Å². The topological polar surface area (TPSA) is 149 Å². The van der Waals surface area contributed by atoms with Crippen molar-refractivity contribution in [3.05, 3.63) is 36.4 Å². The lowest BCUT2D eigenvalue weighted by molar-refractivity contribution is 0.470. The second-order valence-electron chi connectivity index (χ2n) is 5.00. The molecule has 0 heterocycles. The van der Waals surface area contributed by atoms with Gasteiger partial charge in [0, 0.05) is 21.5 Å². The number of phenols is 2. The third kappa shape index (κ3) is 2.36. The van der Waals surface area contributed by atoms with E-state index in [4.69, 9.17) is 0 Å². The van der Waals surface area contributed by atoms with Crippen molar-refractivity contribution >= 4 is 41.8 Å². The average molecular weight is 370 g/mol. The Morgan fingerprint density at radius 1 is 0.625 bits per heavy atom. The van der Waals surface area contributed by atoms with Gasteiger partial charge in [-0.25, -0.2) is 0 Å². The van der Waals surface area contributed by atoms with Gasteiger partial charge in [0.2, 0.25) is 0 Å². The quantitative estimate of drug-likeness (QED) is 0.303. The molecule has 3 rings (SSSR count). The van der Waals surface area contributed by atoms with Crippen molar-refractivity contribution in [2.24, 2.45) is 0 Å².